The van der Waals surface area contributed by atoms with Crippen LogP contribution in [0.4, 0.5) is 5.69 Å². The van der Waals surface area contributed by atoms with Gasteiger partial charge in [0.2, 0.25) is 5.82 Å². The van der Waals surface area contributed by atoms with Crippen molar-refractivity contribution < 1.29 is 14.4 Å². The Morgan fingerprint density at radius 1 is 0.921 bits per heavy atom. The minimum atomic E-state index is -0.784. The van der Waals surface area contributed by atoms with E-state index in [-0.39, 0.29) is 12.5 Å². The average Bonchev–Trinajstić information content (AvgIpc) is 3.46. The smallest absolute Gasteiger partial charge is 0.304 e. The van der Waals surface area contributed by atoms with Crippen LogP contribution < -0.4 is 10.6 Å². The van der Waals surface area contributed by atoms with Crippen molar-refractivity contribution in [2.75, 3.05) is 11.9 Å². The van der Waals surface area contributed by atoms with Crippen molar-refractivity contribution in [1.82, 2.24) is 15.5 Å². The largest absolute Gasteiger partial charge is 0.481 e. The summed E-state index contributed by atoms with van der Waals surface area (Å²) in [5.41, 5.74) is 5.32. The monoisotopic (exact) mass is 510 g/mol. The summed E-state index contributed by atoms with van der Waals surface area (Å²) in [7, 11) is 0. The summed E-state index contributed by atoms with van der Waals surface area (Å²) in [5, 5.41) is 20.0. The van der Waals surface area contributed by atoms with Gasteiger partial charge in [-0.25, -0.2) is 0 Å². The van der Waals surface area contributed by atoms with Crippen LogP contribution in [0.5, 0.6) is 0 Å². The van der Waals surface area contributed by atoms with E-state index in [2.05, 4.69) is 69.3 Å². The highest BCUT2D eigenvalue weighted by Gasteiger charge is 2.25. The summed E-state index contributed by atoms with van der Waals surface area (Å²) in [5.74, 6) is 0.895. The molecule has 0 saturated heterocycles. The maximum Gasteiger partial charge on any atom is 0.304 e. The summed E-state index contributed by atoms with van der Waals surface area (Å²) in [4.78, 5) is 15.3. The van der Waals surface area contributed by atoms with Crippen LogP contribution in [0.15, 0.2) is 83.4 Å². The second-order valence-corrected chi connectivity index (χ2v) is 9.95. The molecule has 4 aromatic rings. The number of nitrogens with zero attached hydrogens (tertiary/aromatic N) is 2. The molecule has 0 amide bonds. The number of hydrogen-bond donors (Lipinski definition) is 3. The van der Waals surface area contributed by atoms with E-state index in [1.54, 1.807) is 0 Å². The first kappa shape index (κ1) is 25.7. The zero-order valence-electron chi connectivity index (χ0n) is 21.5. The highest BCUT2D eigenvalue weighted by molar-refractivity contribution is 5.66. The van der Waals surface area contributed by atoms with Gasteiger partial charge in [0.15, 0.2) is 0 Å². The molecule has 7 heteroatoms. The molecule has 0 aliphatic heterocycles. The maximum absolute atomic E-state index is 10.7. The molecule has 5 rings (SSSR count). The van der Waals surface area contributed by atoms with E-state index in [0.29, 0.717) is 30.7 Å². The molecule has 3 N–H and O–H groups in total. The van der Waals surface area contributed by atoms with Gasteiger partial charge < -0.3 is 20.3 Å². The van der Waals surface area contributed by atoms with Crippen molar-refractivity contribution in [3.8, 4) is 22.8 Å². The number of benzene rings is 3. The fourth-order valence-electron chi connectivity index (χ4n) is 5.15. The first-order chi connectivity index (χ1) is 18.7. The molecule has 196 valence electrons. The van der Waals surface area contributed by atoms with Gasteiger partial charge in [0.1, 0.15) is 0 Å². The Morgan fingerprint density at radius 2 is 1.66 bits per heavy atom. The number of rotatable bonds is 11. The van der Waals surface area contributed by atoms with Gasteiger partial charge in [-0.15, -0.1) is 0 Å². The lowest BCUT2D eigenvalue weighted by Gasteiger charge is -2.32. The Labute approximate surface area is 223 Å². The Kier molecular flexibility index (Phi) is 8.46. The molecule has 0 spiro atoms. The first-order valence-corrected chi connectivity index (χ1v) is 13.4. The first-order valence-electron chi connectivity index (χ1n) is 13.4. The number of anilines is 1. The number of carboxylic acid groups (broad SMARTS) is 1. The van der Waals surface area contributed by atoms with Gasteiger partial charge in [-0.2, -0.15) is 4.98 Å². The van der Waals surface area contributed by atoms with Crippen molar-refractivity contribution in [3.63, 3.8) is 0 Å². The topological polar surface area (TPSA) is 100 Å². The molecule has 1 aliphatic rings. The molecule has 1 aliphatic carbocycles. The zero-order chi connectivity index (χ0) is 26.2. The lowest BCUT2D eigenvalue weighted by molar-refractivity contribution is -0.136. The summed E-state index contributed by atoms with van der Waals surface area (Å²) in [6.45, 7) is 1.12. The van der Waals surface area contributed by atoms with Crippen LogP contribution in [0.2, 0.25) is 0 Å². The molecule has 1 aromatic heterocycles. The summed E-state index contributed by atoms with van der Waals surface area (Å²) in [6, 6.07) is 27.0. The van der Waals surface area contributed by atoms with Crippen LogP contribution in [-0.4, -0.2) is 27.8 Å². The van der Waals surface area contributed by atoms with Crippen LogP contribution in [-0.2, 0) is 11.3 Å². The summed E-state index contributed by atoms with van der Waals surface area (Å²) < 4.78 is 5.50. The number of aliphatic carboxylic acids is 1. The number of carboxylic acids is 1. The average molecular weight is 511 g/mol. The van der Waals surface area contributed by atoms with Gasteiger partial charge >= 0.3 is 5.97 Å². The van der Waals surface area contributed by atoms with Crippen molar-refractivity contribution >= 4 is 11.7 Å². The van der Waals surface area contributed by atoms with E-state index in [9.17, 15) is 4.79 Å². The second kappa shape index (κ2) is 12.5. The van der Waals surface area contributed by atoms with Crippen molar-refractivity contribution in [1.29, 1.82) is 0 Å². The van der Waals surface area contributed by atoms with Gasteiger partial charge in [0.05, 0.1) is 12.5 Å². The number of aromatic nitrogens is 2. The van der Waals surface area contributed by atoms with Gasteiger partial charge in [-0.3, -0.25) is 4.79 Å². The molecular formula is C31H34N4O3. The fraction of sp³-hybridized carbons (Fsp3) is 0.323. The second-order valence-electron chi connectivity index (χ2n) is 9.95. The van der Waals surface area contributed by atoms with E-state index < -0.39 is 5.97 Å². The van der Waals surface area contributed by atoms with E-state index in [0.717, 1.165) is 22.4 Å². The minimum Gasteiger partial charge on any atom is -0.481 e. The van der Waals surface area contributed by atoms with E-state index in [4.69, 9.17) is 9.63 Å². The molecule has 1 atom stereocenters. The normalized spacial score (nSPS) is 14.7. The third-order valence-electron chi connectivity index (χ3n) is 7.22. The minimum absolute atomic E-state index is 0.127. The molecule has 1 unspecified atom stereocenters. The van der Waals surface area contributed by atoms with Crippen LogP contribution in [0.25, 0.3) is 22.8 Å². The van der Waals surface area contributed by atoms with E-state index >= 15 is 0 Å². The Morgan fingerprint density at radius 3 is 2.37 bits per heavy atom. The highest BCUT2D eigenvalue weighted by atomic mass is 16.5. The van der Waals surface area contributed by atoms with Gasteiger partial charge in [0, 0.05) is 29.9 Å². The van der Waals surface area contributed by atoms with Crippen LogP contribution in [0.3, 0.4) is 0 Å². The lowest BCUT2D eigenvalue weighted by atomic mass is 9.81. The van der Waals surface area contributed by atoms with E-state index in [1.165, 1.54) is 37.7 Å². The number of hydrogen-bond acceptors (Lipinski definition) is 6. The molecule has 1 saturated carbocycles. The summed E-state index contributed by atoms with van der Waals surface area (Å²) in [6.07, 6.45) is 6.42. The molecule has 3 aromatic carbocycles. The third kappa shape index (κ3) is 6.66. The molecular weight excluding hydrogens is 476 g/mol. The quantitative estimate of drug-likeness (QED) is 0.193. The molecule has 38 heavy (non-hydrogen) atoms. The predicted octanol–water partition coefficient (Wildman–Crippen LogP) is 6.70. The standard InChI is InChI=1S/C31H34N4O3/c36-28(37)19-20-32-21-22-11-17-27(18-12-22)33-29(23-7-3-1-4-8-23)24-13-15-25(16-14-24)30-34-31(38-35-30)26-9-5-2-6-10-26/h2,5-6,9-18,23,29,32-33H,1,3-4,7-8,19-21H2,(H,36,37). The van der Waals surface area contributed by atoms with Crippen molar-refractivity contribution in [2.45, 2.75) is 51.1 Å². The van der Waals surface area contributed by atoms with E-state index in [1.807, 2.05) is 30.3 Å². The van der Waals surface area contributed by atoms with Gasteiger partial charge in [0.25, 0.3) is 5.89 Å². The third-order valence-corrected chi connectivity index (χ3v) is 7.22. The maximum atomic E-state index is 10.7. The molecule has 7 nitrogen and oxygen atoms in total. The summed E-state index contributed by atoms with van der Waals surface area (Å²) >= 11 is 0. The number of carbonyl (C=O) groups is 1. The van der Waals surface area contributed by atoms with Gasteiger partial charge in [-0.1, -0.05) is 79.0 Å². The molecule has 0 radical (unpaired) electrons. The van der Waals surface area contributed by atoms with Crippen molar-refractivity contribution in [2.24, 2.45) is 5.92 Å². The lowest BCUT2D eigenvalue weighted by Crippen LogP contribution is -2.23. The highest BCUT2D eigenvalue weighted by Crippen LogP contribution is 2.37. The van der Waals surface area contributed by atoms with Crippen molar-refractivity contribution in [3.05, 3.63) is 90.0 Å². The number of nitrogens with one attached hydrogen (secondary N) is 2. The van der Waals surface area contributed by atoms with Gasteiger partial charge in [-0.05, 0) is 54.2 Å². The fourth-order valence-corrected chi connectivity index (χ4v) is 5.15. The SMILES string of the molecule is O=C(O)CCNCc1ccc(NC(c2ccc(-c3noc(-c4ccccc4)n3)cc2)C2CCCCC2)cc1. The van der Waals surface area contributed by atoms with Crippen LogP contribution in [0.1, 0.15) is 55.7 Å². The van der Waals surface area contributed by atoms with Crippen LogP contribution >= 0.6 is 0 Å². The predicted molar refractivity (Wildman–Crippen MR) is 149 cm³/mol. The molecule has 0 bridgehead atoms. The van der Waals surface area contributed by atoms with Crippen LogP contribution in [0, 0.1) is 5.92 Å². The Balaban J connectivity index is 1.29. The Bertz CT molecular complexity index is 1300. The molecule has 1 heterocycles. The Hall–Kier alpha value is -3.97. The zero-order valence-corrected chi connectivity index (χ0v) is 21.5. The molecule has 1 fully saturated rings.